The quantitative estimate of drug-likeness (QED) is 0.409. The molecule has 1 rings (SSSR count). The molecule has 0 saturated heterocycles. The Bertz CT molecular complexity index is 371. The smallest absolute Gasteiger partial charge is 0.269 e. The molecule has 1 aromatic rings. The summed E-state index contributed by atoms with van der Waals surface area (Å²) >= 11 is 0. The lowest BCUT2D eigenvalue weighted by Crippen LogP contribution is -2.20. The lowest BCUT2D eigenvalue weighted by molar-refractivity contribution is -0.384. The number of non-ortho nitro benzene ring substituents is 1. The Hall–Kier alpha value is -1.50. The summed E-state index contributed by atoms with van der Waals surface area (Å²) in [5.41, 5.74) is 1.01. The minimum atomic E-state index is -0.392. The van der Waals surface area contributed by atoms with Crippen molar-refractivity contribution in [2.45, 2.75) is 6.54 Å². The van der Waals surface area contributed by atoms with Crippen LogP contribution in [0, 0.1) is 10.1 Å². The fourth-order valence-corrected chi connectivity index (χ4v) is 1.40. The Morgan fingerprint density at radius 2 is 2.17 bits per heavy atom. The van der Waals surface area contributed by atoms with Gasteiger partial charge in [-0.15, -0.1) is 0 Å². The first-order chi connectivity index (χ1) is 8.74. The van der Waals surface area contributed by atoms with E-state index >= 15 is 0 Å². The minimum absolute atomic E-state index is 0.116. The van der Waals surface area contributed by atoms with Gasteiger partial charge < -0.3 is 14.8 Å². The number of rotatable bonds is 9. The standard InChI is InChI=1S/C12H18N2O4/c1-17-7-8-18-6-5-13-10-11-3-2-4-12(9-11)14(15)16/h2-4,9,13H,5-8,10H2,1H3. The van der Waals surface area contributed by atoms with E-state index in [4.69, 9.17) is 9.47 Å². The van der Waals surface area contributed by atoms with Gasteiger partial charge in [0.05, 0.1) is 24.7 Å². The van der Waals surface area contributed by atoms with Crippen molar-refractivity contribution in [3.63, 3.8) is 0 Å². The van der Waals surface area contributed by atoms with Crippen LogP contribution >= 0.6 is 0 Å². The van der Waals surface area contributed by atoms with Gasteiger partial charge >= 0.3 is 0 Å². The summed E-state index contributed by atoms with van der Waals surface area (Å²) in [6.45, 7) is 3.06. The van der Waals surface area contributed by atoms with E-state index in [1.165, 1.54) is 6.07 Å². The van der Waals surface area contributed by atoms with Gasteiger partial charge in [-0.2, -0.15) is 0 Å². The van der Waals surface area contributed by atoms with E-state index in [0.717, 1.165) is 5.56 Å². The number of nitrogens with one attached hydrogen (secondary N) is 1. The van der Waals surface area contributed by atoms with Crippen LogP contribution in [0.1, 0.15) is 5.56 Å². The maximum Gasteiger partial charge on any atom is 0.269 e. The average Bonchev–Trinajstić information content (AvgIpc) is 2.38. The summed E-state index contributed by atoms with van der Waals surface area (Å²) in [5, 5.41) is 13.7. The highest BCUT2D eigenvalue weighted by Crippen LogP contribution is 2.12. The van der Waals surface area contributed by atoms with Crippen LogP contribution in [0.4, 0.5) is 5.69 Å². The second kappa shape index (κ2) is 8.57. The number of hydrogen-bond donors (Lipinski definition) is 1. The van der Waals surface area contributed by atoms with Gasteiger partial charge in [0.2, 0.25) is 0 Å². The van der Waals surface area contributed by atoms with Crippen molar-refractivity contribution in [2.75, 3.05) is 33.5 Å². The first-order valence-electron chi connectivity index (χ1n) is 5.75. The van der Waals surface area contributed by atoms with Crippen LogP contribution in [0.15, 0.2) is 24.3 Å². The molecular weight excluding hydrogens is 236 g/mol. The molecule has 6 nitrogen and oxygen atoms in total. The highest BCUT2D eigenvalue weighted by atomic mass is 16.6. The SMILES string of the molecule is COCCOCCNCc1cccc([N+](=O)[O-])c1. The molecule has 1 aromatic carbocycles. The largest absolute Gasteiger partial charge is 0.382 e. The number of hydrogen-bond acceptors (Lipinski definition) is 5. The second-order valence-corrected chi connectivity index (χ2v) is 3.71. The number of nitro benzene ring substituents is 1. The zero-order chi connectivity index (χ0) is 13.2. The number of ether oxygens (including phenoxy) is 2. The lowest BCUT2D eigenvalue weighted by Gasteiger charge is -2.06. The maximum absolute atomic E-state index is 10.6. The fraction of sp³-hybridized carbons (Fsp3) is 0.500. The molecule has 0 aliphatic rings. The van der Waals surface area contributed by atoms with Gasteiger partial charge in [0.15, 0.2) is 0 Å². The lowest BCUT2D eigenvalue weighted by atomic mass is 10.2. The monoisotopic (exact) mass is 254 g/mol. The van der Waals surface area contributed by atoms with Crippen molar-refractivity contribution < 1.29 is 14.4 Å². The van der Waals surface area contributed by atoms with Crippen LogP contribution in [-0.2, 0) is 16.0 Å². The van der Waals surface area contributed by atoms with Crippen LogP contribution < -0.4 is 5.32 Å². The van der Waals surface area contributed by atoms with Gasteiger partial charge in [-0.3, -0.25) is 10.1 Å². The highest BCUT2D eigenvalue weighted by Gasteiger charge is 2.04. The molecule has 0 unspecified atom stereocenters. The van der Waals surface area contributed by atoms with Crippen molar-refractivity contribution in [1.29, 1.82) is 0 Å². The molecule has 1 N–H and O–H groups in total. The predicted molar refractivity (Wildman–Crippen MR) is 67.5 cm³/mol. The van der Waals surface area contributed by atoms with E-state index in [-0.39, 0.29) is 5.69 Å². The molecule has 0 saturated carbocycles. The van der Waals surface area contributed by atoms with Crippen LogP contribution in [0.5, 0.6) is 0 Å². The molecule has 0 aliphatic carbocycles. The molecule has 6 heteroatoms. The summed E-state index contributed by atoms with van der Waals surface area (Å²) in [5.74, 6) is 0. The third kappa shape index (κ3) is 5.72. The number of nitrogens with zero attached hydrogens (tertiary/aromatic N) is 1. The Labute approximate surface area is 106 Å². The summed E-state index contributed by atoms with van der Waals surface area (Å²) in [4.78, 5) is 10.2. The van der Waals surface area contributed by atoms with Gasteiger partial charge in [-0.25, -0.2) is 0 Å². The third-order valence-electron chi connectivity index (χ3n) is 2.31. The topological polar surface area (TPSA) is 73.6 Å². The second-order valence-electron chi connectivity index (χ2n) is 3.71. The summed E-state index contributed by atoms with van der Waals surface area (Å²) < 4.78 is 10.1. The van der Waals surface area contributed by atoms with E-state index in [9.17, 15) is 10.1 Å². The molecule has 0 radical (unpaired) electrons. The molecule has 100 valence electrons. The van der Waals surface area contributed by atoms with Crippen molar-refractivity contribution in [1.82, 2.24) is 5.32 Å². The van der Waals surface area contributed by atoms with Crippen LogP contribution in [-0.4, -0.2) is 38.4 Å². The molecule has 0 aromatic heterocycles. The molecule has 18 heavy (non-hydrogen) atoms. The van der Waals surface area contributed by atoms with Gasteiger partial charge in [-0.05, 0) is 5.56 Å². The molecule has 0 atom stereocenters. The Morgan fingerprint density at radius 3 is 2.89 bits per heavy atom. The van der Waals surface area contributed by atoms with Crippen molar-refractivity contribution >= 4 is 5.69 Å². The predicted octanol–water partition coefficient (Wildman–Crippen LogP) is 1.35. The first-order valence-corrected chi connectivity index (χ1v) is 5.75. The van der Waals surface area contributed by atoms with E-state index in [1.54, 1.807) is 19.2 Å². The zero-order valence-electron chi connectivity index (χ0n) is 10.4. The van der Waals surface area contributed by atoms with E-state index < -0.39 is 4.92 Å². The summed E-state index contributed by atoms with van der Waals surface area (Å²) in [7, 11) is 1.63. The average molecular weight is 254 g/mol. The highest BCUT2D eigenvalue weighted by molar-refractivity contribution is 5.34. The normalized spacial score (nSPS) is 10.5. The van der Waals surface area contributed by atoms with Crippen molar-refractivity contribution in [2.24, 2.45) is 0 Å². The zero-order valence-corrected chi connectivity index (χ0v) is 10.4. The van der Waals surface area contributed by atoms with E-state index in [1.807, 2.05) is 6.07 Å². The number of benzene rings is 1. The minimum Gasteiger partial charge on any atom is -0.382 e. The van der Waals surface area contributed by atoms with Gasteiger partial charge in [-0.1, -0.05) is 12.1 Å². The van der Waals surface area contributed by atoms with Gasteiger partial charge in [0.25, 0.3) is 5.69 Å². The summed E-state index contributed by atoms with van der Waals surface area (Å²) in [6.07, 6.45) is 0. The van der Waals surface area contributed by atoms with Crippen LogP contribution in [0.25, 0.3) is 0 Å². The maximum atomic E-state index is 10.6. The molecular formula is C12H18N2O4. The number of nitro groups is 1. The van der Waals surface area contributed by atoms with Crippen LogP contribution in [0.3, 0.4) is 0 Å². The molecule has 0 bridgehead atoms. The van der Waals surface area contributed by atoms with E-state index in [2.05, 4.69) is 5.32 Å². The Kier molecular flexibility index (Phi) is 6.93. The van der Waals surface area contributed by atoms with Crippen molar-refractivity contribution in [3.8, 4) is 0 Å². The summed E-state index contributed by atoms with van der Waals surface area (Å²) in [6, 6.07) is 6.59. The van der Waals surface area contributed by atoms with Gasteiger partial charge in [0, 0.05) is 32.3 Å². The Balaban J connectivity index is 2.19. The molecule has 0 aliphatic heterocycles. The Morgan fingerprint density at radius 1 is 1.33 bits per heavy atom. The molecule has 0 amide bonds. The van der Waals surface area contributed by atoms with E-state index in [0.29, 0.717) is 32.9 Å². The molecule has 0 spiro atoms. The first kappa shape index (κ1) is 14.6. The molecule has 0 heterocycles. The third-order valence-corrected chi connectivity index (χ3v) is 2.31. The van der Waals surface area contributed by atoms with Crippen molar-refractivity contribution in [3.05, 3.63) is 39.9 Å². The fourth-order valence-electron chi connectivity index (χ4n) is 1.40. The number of methoxy groups -OCH3 is 1. The van der Waals surface area contributed by atoms with Gasteiger partial charge in [0.1, 0.15) is 0 Å². The van der Waals surface area contributed by atoms with Crippen LogP contribution in [0.2, 0.25) is 0 Å². The molecule has 0 fully saturated rings.